The monoisotopic (exact) mass is 299 g/mol. The van der Waals surface area contributed by atoms with Gasteiger partial charge in [0.2, 0.25) is 10.0 Å². The van der Waals surface area contributed by atoms with Gasteiger partial charge >= 0.3 is 0 Å². The molecule has 8 heteroatoms. The van der Waals surface area contributed by atoms with E-state index in [1.807, 2.05) is 0 Å². The molecule has 3 rings (SSSR count). The van der Waals surface area contributed by atoms with Gasteiger partial charge in [0.15, 0.2) is 0 Å². The average Bonchev–Trinajstić information content (AvgIpc) is 3.00. The molecule has 2 aliphatic rings. The van der Waals surface area contributed by atoms with Gasteiger partial charge in [-0.3, -0.25) is 4.79 Å². The Morgan fingerprint density at radius 3 is 2.65 bits per heavy atom. The van der Waals surface area contributed by atoms with Gasteiger partial charge in [-0.05, 0) is 19.8 Å². The number of fused-ring (bicyclic) bond motifs is 1. The minimum atomic E-state index is -3.20. The molecular weight excluding hydrogens is 282 g/mol. The van der Waals surface area contributed by atoms with Crippen LogP contribution in [0.15, 0.2) is 10.7 Å². The van der Waals surface area contributed by atoms with E-state index in [0.29, 0.717) is 37.3 Å². The van der Waals surface area contributed by atoms with Gasteiger partial charge in [-0.2, -0.15) is 4.31 Å². The van der Waals surface area contributed by atoms with Crippen molar-refractivity contribution in [2.75, 3.05) is 19.3 Å². The third kappa shape index (κ3) is 2.03. The fourth-order valence-corrected chi connectivity index (χ4v) is 4.44. The molecule has 0 unspecified atom stereocenters. The molecule has 2 saturated heterocycles. The Kier molecular flexibility index (Phi) is 3.09. The van der Waals surface area contributed by atoms with Crippen molar-refractivity contribution in [3.63, 3.8) is 0 Å². The smallest absolute Gasteiger partial charge is 0.259 e. The predicted molar refractivity (Wildman–Crippen MR) is 70.6 cm³/mol. The molecule has 2 atom stereocenters. The lowest BCUT2D eigenvalue weighted by Gasteiger charge is -2.24. The van der Waals surface area contributed by atoms with Crippen LogP contribution in [0.25, 0.3) is 0 Å². The van der Waals surface area contributed by atoms with E-state index in [9.17, 15) is 13.2 Å². The van der Waals surface area contributed by atoms with Gasteiger partial charge in [0.25, 0.3) is 5.91 Å². The zero-order valence-corrected chi connectivity index (χ0v) is 12.3. The molecule has 1 aromatic heterocycles. The van der Waals surface area contributed by atoms with E-state index in [1.54, 1.807) is 11.8 Å². The molecule has 2 fully saturated rings. The van der Waals surface area contributed by atoms with Crippen LogP contribution in [-0.2, 0) is 10.0 Å². The summed E-state index contributed by atoms with van der Waals surface area (Å²) in [5, 5.41) is 3.63. The van der Waals surface area contributed by atoms with Crippen molar-refractivity contribution >= 4 is 15.9 Å². The Morgan fingerprint density at radius 2 is 2.05 bits per heavy atom. The van der Waals surface area contributed by atoms with Gasteiger partial charge < -0.3 is 9.42 Å². The second kappa shape index (κ2) is 4.56. The molecule has 0 bridgehead atoms. The molecule has 0 radical (unpaired) electrons. The van der Waals surface area contributed by atoms with E-state index >= 15 is 0 Å². The quantitative estimate of drug-likeness (QED) is 0.780. The van der Waals surface area contributed by atoms with Gasteiger partial charge in [-0.1, -0.05) is 5.16 Å². The van der Waals surface area contributed by atoms with Crippen molar-refractivity contribution in [3.05, 3.63) is 17.5 Å². The molecule has 3 heterocycles. The summed E-state index contributed by atoms with van der Waals surface area (Å²) in [6.45, 7) is 2.76. The first-order chi connectivity index (χ1) is 9.39. The first kappa shape index (κ1) is 13.6. The Labute approximate surface area is 117 Å². The van der Waals surface area contributed by atoms with Crippen LogP contribution in [0.4, 0.5) is 0 Å². The van der Waals surface area contributed by atoms with Gasteiger partial charge in [-0.25, -0.2) is 8.42 Å². The second-order valence-corrected chi connectivity index (χ2v) is 7.32. The summed E-state index contributed by atoms with van der Waals surface area (Å²) in [7, 11) is -3.20. The minimum absolute atomic E-state index is 0.0356. The summed E-state index contributed by atoms with van der Waals surface area (Å²) in [4.78, 5) is 14.2. The highest BCUT2D eigenvalue weighted by molar-refractivity contribution is 7.88. The van der Waals surface area contributed by atoms with Crippen LogP contribution in [0.1, 0.15) is 29.0 Å². The molecule has 0 N–H and O–H groups in total. The molecule has 20 heavy (non-hydrogen) atoms. The number of amides is 1. The number of carbonyl (C=O) groups is 1. The van der Waals surface area contributed by atoms with Crippen LogP contribution < -0.4 is 0 Å². The van der Waals surface area contributed by atoms with Gasteiger partial charge in [-0.15, -0.1) is 0 Å². The lowest BCUT2D eigenvalue weighted by atomic mass is 10.1. The summed E-state index contributed by atoms with van der Waals surface area (Å²) in [6.07, 6.45) is 4.03. The highest BCUT2D eigenvalue weighted by Gasteiger charge is 2.47. The Morgan fingerprint density at radius 1 is 1.35 bits per heavy atom. The first-order valence-corrected chi connectivity index (χ1v) is 8.43. The summed E-state index contributed by atoms with van der Waals surface area (Å²) in [6, 6.07) is -0.124. The normalized spacial score (nSPS) is 27.0. The van der Waals surface area contributed by atoms with E-state index < -0.39 is 10.0 Å². The van der Waals surface area contributed by atoms with E-state index in [1.165, 1.54) is 16.8 Å². The topological polar surface area (TPSA) is 83.7 Å². The molecule has 0 aromatic carbocycles. The Balaban J connectivity index is 1.83. The number of likely N-dealkylation sites (tertiary alicyclic amines) is 1. The zero-order valence-electron chi connectivity index (χ0n) is 11.4. The summed E-state index contributed by atoms with van der Waals surface area (Å²) in [5.41, 5.74) is 0.462. The molecule has 0 spiro atoms. The van der Waals surface area contributed by atoms with Crippen LogP contribution >= 0.6 is 0 Å². The van der Waals surface area contributed by atoms with E-state index in [4.69, 9.17) is 4.52 Å². The number of aromatic nitrogens is 1. The standard InChI is InChI=1S/C12H17N3O4S/c1-8-9(7-13-19-8)12(16)14-5-3-11-10(14)4-6-15(11)20(2,17)18/h7,10-11H,3-6H2,1-2H3/t10-,11-/m0/s1. The molecule has 2 aliphatic heterocycles. The third-order valence-electron chi connectivity index (χ3n) is 4.19. The molecule has 1 amide bonds. The third-order valence-corrected chi connectivity index (χ3v) is 5.50. The molecule has 0 saturated carbocycles. The maximum atomic E-state index is 12.5. The zero-order chi connectivity index (χ0) is 14.5. The number of carbonyl (C=O) groups excluding carboxylic acids is 1. The van der Waals surface area contributed by atoms with Crippen molar-refractivity contribution in [1.82, 2.24) is 14.4 Å². The van der Waals surface area contributed by atoms with Crippen molar-refractivity contribution in [2.24, 2.45) is 0 Å². The van der Waals surface area contributed by atoms with Crippen molar-refractivity contribution < 1.29 is 17.7 Å². The molecule has 110 valence electrons. The highest BCUT2D eigenvalue weighted by Crippen LogP contribution is 2.34. The fourth-order valence-electron chi connectivity index (χ4n) is 3.27. The molecule has 0 aliphatic carbocycles. The summed E-state index contributed by atoms with van der Waals surface area (Å²) < 4.78 is 29.9. The highest BCUT2D eigenvalue weighted by atomic mass is 32.2. The van der Waals surface area contributed by atoms with Crippen molar-refractivity contribution in [2.45, 2.75) is 31.8 Å². The van der Waals surface area contributed by atoms with Gasteiger partial charge in [0.05, 0.1) is 12.5 Å². The number of hydrogen-bond acceptors (Lipinski definition) is 5. The van der Waals surface area contributed by atoms with E-state index in [-0.39, 0.29) is 18.0 Å². The number of sulfonamides is 1. The Hall–Kier alpha value is -1.41. The van der Waals surface area contributed by atoms with Crippen LogP contribution in [0.5, 0.6) is 0 Å². The molecule has 1 aromatic rings. The fraction of sp³-hybridized carbons (Fsp3) is 0.667. The molecular formula is C12H17N3O4S. The predicted octanol–water partition coefficient (Wildman–Crippen LogP) is 0.231. The first-order valence-electron chi connectivity index (χ1n) is 6.58. The lowest BCUT2D eigenvalue weighted by molar-refractivity contribution is 0.0733. The van der Waals surface area contributed by atoms with Crippen LogP contribution in [0, 0.1) is 6.92 Å². The van der Waals surface area contributed by atoms with Gasteiger partial charge in [0, 0.05) is 25.2 Å². The SMILES string of the molecule is Cc1oncc1C(=O)N1CC[C@H]2[C@@H]1CCN2S(C)(=O)=O. The van der Waals surface area contributed by atoms with Crippen LogP contribution in [-0.4, -0.2) is 60.1 Å². The maximum Gasteiger partial charge on any atom is 0.259 e. The largest absolute Gasteiger partial charge is 0.361 e. The number of nitrogens with zero attached hydrogens (tertiary/aromatic N) is 3. The van der Waals surface area contributed by atoms with Crippen LogP contribution in [0.3, 0.4) is 0 Å². The average molecular weight is 299 g/mol. The summed E-state index contributed by atoms with van der Waals surface area (Å²) >= 11 is 0. The van der Waals surface area contributed by atoms with Crippen molar-refractivity contribution in [3.8, 4) is 0 Å². The second-order valence-electron chi connectivity index (χ2n) is 5.38. The van der Waals surface area contributed by atoms with E-state index in [0.717, 1.165) is 0 Å². The maximum absolute atomic E-state index is 12.5. The number of aryl methyl sites for hydroxylation is 1. The van der Waals surface area contributed by atoms with Crippen molar-refractivity contribution in [1.29, 1.82) is 0 Å². The van der Waals surface area contributed by atoms with E-state index in [2.05, 4.69) is 5.16 Å². The number of hydrogen-bond donors (Lipinski definition) is 0. The summed E-state index contributed by atoms with van der Waals surface area (Å²) in [5.74, 6) is 0.378. The Bertz CT molecular complexity index is 639. The lowest BCUT2D eigenvalue weighted by Crippen LogP contribution is -2.41. The molecule has 7 nitrogen and oxygen atoms in total. The van der Waals surface area contributed by atoms with Gasteiger partial charge in [0.1, 0.15) is 11.3 Å². The van der Waals surface area contributed by atoms with Crippen LogP contribution in [0.2, 0.25) is 0 Å². The minimum Gasteiger partial charge on any atom is -0.361 e. The number of rotatable bonds is 2.